The third kappa shape index (κ3) is 1.97. The molecule has 1 rings (SSSR count). The van der Waals surface area contributed by atoms with Crippen LogP contribution in [0.4, 0.5) is 8.28 Å². The van der Waals surface area contributed by atoms with E-state index >= 15 is 0 Å². The maximum absolute atomic E-state index is 13.0. The van der Waals surface area contributed by atoms with E-state index in [1.165, 1.54) is 0 Å². The van der Waals surface area contributed by atoms with E-state index in [0.717, 1.165) is 19.1 Å². The molecular weight excluding hydrogens is 222 g/mol. The smallest absolute Gasteiger partial charge is 0.205 e. The summed E-state index contributed by atoms with van der Waals surface area (Å²) in [5.74, 6) is -0.916. The van der Waals surface area contributed by atoms with E-state index in [1.54, 1.807) is 0 Å². The number of benzene rings is 1. The van der Waals surface area contributed by atoms with Crippen molar-refractivity contribution in [3.05, 3.63) is 28.5 Å². The van der Waals surface area contributed by atoms with E-state index in [9.17, 15) is 16.7 Å². The van der Waals surface area contributed by atoms with E-state index in [1.807, 2.05) is 0 Å². The first-order valence-corrected chi connectivity index (χ1v) is 4.99. The number of hydrogen-bond acceptors (Lipinski definition) is 2. The molecule has 0 amide bonds. The minimum absolute atomic E-state index is 0.232. The van der Waals surface area contributed by atoms with Crippen molar-refractivity contribution in [2.75, 3.05) is 0 Å². The molecule has 0 bridgehead atoms. The molecule has 1 aromatic carbocycles. The minimum atomic E-state index is -4.87. The molecule has 72 valence electrons. The van der Waals surface area contributed by atoms with Gasteiger partial charge in [0.2, 0.25) is 0 Å². The first-order valence-electron chi connectivity index (χ1n) is 3.23. The second-order valence-electron chi connectivity index (χ2n) is 2.42. The van der Waals surface area contributed by atoms with Crippen molar-refractivity contribution in [2.45, 2.75) is 11.8 Å². The first kappa shape index (κ1) is 10.4. The van der Waals surface area contributed by atoms with E-state index in [0.29, 0.717) is 0 Å². The van der Waals surface area contributed by atoms with Crippen molar-refractivity contribution in [1.82, 2.24) is 0 Å². The molecule has 0 aliphatic carbocycles. The van der Waals surface area contributed by atoms with Gasteiger partial charge in [-0.25, -0.2) is 4.39 Å². The second-order valence-corrected chi connectivity index (χ2v) is 4.15. The Kier molecular flexibility index (Phi) is 2.58. The second kappa shape index (κ2) is 3.23. The third-order valence-corrected chi connectivity index (χ3v) is 2.81. The van der Waals surface area contributed by atoms with Crippen LogP contribution in [0.5, 0.6) is 0 Å². The SMILES string of the molecule is Cc1c(S(=O)(=O)F)ccc(Cl)c1F. The number of rotatable bonds is 1. The molecule has 0 unspecified atom stereocenters. The van der Waals surface area contributed by atoms with Crippen molar-refractivity contribution in [1.29, 1.82) is 0 Å². The Balaban J connectivity index is 3.53. The highest BCUT2D eigenvalue weighted by Gasteiger charge is 2.18. The van der Waals surface area contributed by atoms with Crippen LogP contribution in [0.3, 0.4) is 0 Å². The van der Waals surface area contributed by atoms with Gasteiger partial charge in [-0.1, -0.05) is 11.6 Å². The minimum Gasteiger partial charge on any atom is -0.205 e. The van der Waals surface area contributed by atoms with Crippen molar-refractivity contribution in [2.24, 2.45) is 0 Å². The Labute approximate surface area is 79.4 Å². The fourth-order valence-electron chi connectivity index (χ4n) is 0.898. The number of halogens is 3. The Hall–Kier alpha value is -0.680. The zero-order chi connectivity index (χ0) is 10.2. The first-order chi connectivity index (χ1) is 5.84. The molecule has 0 fully saturated rings. The van der Waals surface area contributed by atoms with E-state index in [2.05, 4.69) is 0 Å². The van der Waals surface area contributed by atoms with Crippen LogP contribution >= 0.6 is 11.6 Å². The summed E-state index contributed by atoms with van der Waals surface area (Å²) in [6, 6.07) is 1.92. The van der Waals surface area contributed by atoms with E-state index < -0.39 is 20.9 Å². The van der Waals surface area contributed by atoms with Crippen LogP contribution in [0.25, 0.3) is 0 Å². The van der Waals surface area contributed by atoms with Crippen LogP contribution in [0.15, 0.2) is 17.0 Å². The van der Waals surface area contributed by atoms with Crippen LogP contribution in [-0.2, 0) is 10.2 Å². The standard InChI is InChI=1S/C7H5ClF2O2S/c1-4-6(13(10,11)12)3-2-5(8)7(4)9/h2-3H,1H3. The molecule has 0 heterocycles. The zero-order valence-corrected chi connectivity index (χ0v) is 8.09. The molecular formula is C7H5ClF2O2S. The zero-order valence-electron chi connectivity index (χ0n) is 6.51. The maximum atomic E-state index is 13.0. The highest BCUT2D eigenvalue weighted by Crippen LogP contribution is 2.25. The Bertz CT molecular complexity index is 442. The summed E-state index contributed by atoms with van der Waals surface area (Å²) in [6.45, 7) is 1.15. The summed E-state index contributed by atoms with van der Waals surface area (Å²) in [6.07, 6.45) is 0. The quantitative estimate of drug-likeness (QED) is 0.690. The van der Waals surface area contributed by atoms with Crippen molar-refractivity contribution >= 4 is 21.8 Å². The predicted octanol–water partition coefficient (Wildman–Crippen LogP) is 2.45. The fourth-order valence-corrected chi connectivity index (χ4v) is 1.79. The lowest BCUT2D eigenvalue weighted by atomic mass is 10.2. The Morgan fingerprint density at radius 2 is 1.92 bits per heavy atom. The lowest BCUT2D eigenvalue weighted by Crippen LogP contribution is -1.98. The van der Waals surface area contributed by atoms with Crippen LogP contribution in [-0.4, -0.2) is 8.42 Å². The molecule has 2 nitrogen and oxygen atoms in total. The van der Waals surface area contributed by atoms with Gasteiger partial charge >= 0.3 is 10.2 Å². The molecule has 0 aromatic heterocycles. The summed E-state index contributed by atoms with van der Waals surface area (Å²) in [5.41, 5.74) is -0.310. The average Bonchev–Trinajstić information content (AvgIpc) is 1.98. The third-order valence-electron chi connectivity index (χ3n) is 1.55. The van der Waals surface area contributed by atoms with E-state index in [-0.39, 0.29) is 10.6 Å². The lowest BCUT2D eigenvalue weighted by molar-refractivity contribution is 0.547. The predicted molar refractivity (Wildman–Crippen MR) is 44.4 cm³/mol. The highest BCUT2D eigenvalue weighted by atomic mass is 35.5. The van der Waals surface area contributed by atoms with Gasteiger partial charge in [0.25, 0.3) is 0 Å². The van der Waals surface area contributed by atoms with Gasteiger partial charge < -0.3 is 0 Å². The summed E-state index contributed by atoms with van der Waals surface area (Å²) in [7, 11) is -4.87. The molecule has 1 aromatic rings. The lowest BCUT2D eigenvalue weighted by Gasteiger charge is -2.02. The van der Waals surface area contributed by atoms with Gasteiger partial charge in [0, 0.05) is 5.56 Å². The largest absolute Gasteiger partial charge is 0.332 e. The maximum Gasteiger partial charge on any atom is 0.332 e. The molecule has 0 saturated heterocycles. The van der Waals surface area contributed by atoms with E-state index in [4.69, 9.17) is 11.6 Å². The van der Waals surface area contributed by atoms with Crippen LogP contribution in [0.1, 0.15) is 5.56 Å². The summed E-state index contributed by atoms with van der Waals surface area (Å²) in [5, 5.41) is -0.232. The topological polar surface area (TPSA) is 34.1 Å². The molecule has 13 heavy (non-hydrogen) atoms. The van der Waals surface area contributed by atoms with Gasteiger partial charge in [-0.15, -0.1) is 3.89 Å². The Morgan fingerprint density at radius 3 is 2.38 bits per heavy atom. The summed E-state index contributed by atoms with van der Waals surface area (Å²) >= 11 is 5.34. The number of hydrogen-bond donors (Lipinski definition) is 0. The molecule has 0 saturated carbocycles. The molecule has 0 aliphatic heterocycles. The van der Waals surface area contributed by atoms with Gasteiger partial charge in [-0.2, -0.15) is 8.42 Å². The average molecular weight is 227 g/mol. The van der Waals surface area contributed by atoms with Gasteiger partial charge in [0.15, 0.2) is 0 Å². The normalized spacial score (nSPS) is 11.7. The van der Waals surface area contributed by atoms with Gasteiger partial charge in [-0.3, -0.25) is 0 Å². The summed E-state index contributed by atoms with van der Waals surface area (Å²) < 4.78 is 46.3. The van der Waals surface area contributed by atoms with Gasteiger partial charge in [-0.05, 0) is 19.1 Å². The van der Waals surface area contributed by atoms with Gasteiger partial charge in [0.05, 0.1) is 5.02 Å². The Morgan fingerprint density at radius 1 is 1.38 bits per heavy atom. The molecule has 0 N–H and O–H groups in total. The molecule has 0 atom stereocenters. The van der Waals surface area contributed by atoms with Crippen molar-refractivity contribution in [3.63, 3.8) is 0 Å². The molecule has 0 radical (unpaired) electrons. The van der Waals surface area contributed by atoms with Crippen LogP contribution in [0.2, 0.25) is 5.02 Å². The van der Waals surface area contributed by atoms with Crippen LogP contribution < -0.4 is 0 Å². The van der Waals surface area contributed by atoms with Crippen molar-refractivity contribution in [3.8, 4) is 0 Å². The molecule has 0 aliphatic rings. The van der Waals surface area contributed by atoms with Crippen molar-refractivity contribution < 1.29 is 16.7 Å². The fraction of sp³-hybridized carbons (Fsp3) is 0.143. The monoisotopic (exact) mass is 226 g/mol. The summed E-state index contributed by atoms with van der Waals surface area (Å²) in [4.78, 5) is -0.686. The van der Waals surface area contributed by atoms with Gasteiger partial charge in [0.1, 0.15) is 10.7 Å². The molecule has 6 heteroatoms. The molecule has 0 spiro atoms. The van der Waals surface area contributed by atoms with Crippen LogP contribution in [0, 0.1) is 12.7 Å². The highest BCUT2D eigenvalue weighted by molar-refractivity contribution is 7.86.